The van der Waals surface area contributed by atoms with Crippen LogP contribution < -0.4 is 4.46 Å². The van der Waals surface area contributed by atoms with Crippen molar-refractivity contribution in [1.82, 2.24) is 0 Å². The summed E-state index contributed by atoms with van der Waals surface area (Å²) in [6.07, 6.45) is 2.26. The van der Waals surface area contributed by atoms with E-state index in [2.05, 4.69) is 61.5 Å². The van der Waals surface area contributed by atoms with Gasteiger partial charge in [0.2, 0.25) is 0 Å². The molecule has 2 heteroatoms. The van der Waals surface area contributed by atoms with Crippen molar-refractivity contribution >= 4 is 19.4 Å². The molecule has 0 amide bonds. The molecule has 1 nitrogen and oxygen atoms in total. The molecule has 3 rings (SSSR count). The van der Waals surface area contributed by atoms with Crippen molar-refractivity contribution < 1.29 is 5.11 Å². The van der Waals surface area contributed by atoms with Crippen molar-refractivity contribution in [3.63, 3.8) is 0 Å². The molecule has 1 N–H and O–H groups in total. The second-order valence-electron chi connectivity index (χ2n) is 5.85. The van der Waals surface area contributed by atoms with Gasteiger partial charge in [-0.15, -0.1) is 0 Å². The molecule has 20 heavy (non-hydrogen) atoms. The molecule has 0 aliphatic heterocycles. The van der Waals surface area contributed by atoms with E-state index in [1.165, 1.54) is 10.0 Å². The summed E-state index contributed by atoms with van der Waals surface area (Å²) in [5.41, 5.74) is 1.57. The summed E-state index contributed by atoms with van der Waals surface area (Å²) in [5, 5.41) is 11.1. The molecule has 0 spiro atoms. The Labute approximate surface area is 127 Å². The van der Waals surface area contributed by atoms with Gasteiger partial charge in [0.15, 0.2) is 0 Å². The second-order valence-corrected chi connectivity index (χ2v) is 8.90. The third kappa shape index (κ3) is 2.44. The van der Waals surface area contributed by atoms with Gasteiger partial charge in [-0.05, 0) is 0 Å². The minimum absolute atomic E-state index is 0.0661. The SMILES string of the molecule is Cc1ccc(C(C)(O)C2([Se]c3ccccc3)CC2)cc1. The van der Waals surface area contributed by atoms with E-state index in [1.54, 1.807) is 0 Å². The molecule has 2 aromatic rings. The van der Waals surface area contributed by atoms with E-state index in [1.807, 2.05) is 6.92 Å². The van der Waals surface area contributed by atoms with E-state index in [0.717, 1.165) is 18.4 Å². The average Bonchev–Trinajstić information content (AvgIpc) is 3.22. The zero-order chi connectivity index (χ0) is 14.2. The van der Waals surface area contributed by atoms with Gasteiger partial charge in [0.05, 0.1) is 0 Å². The van der Waals surface area contributed by atoms with Crippen LogP contribution >= 0.6 is 0 Å². The summed E-state index contributed by atoms with van der Waals surface area (Å²) in [5.74, 6) is 0. The molecule has 1 fully saturated rings. The zero-order valence-corrected chi connectivity index (χ0v) is 13.7. The first-order valence-corrected chi connectivity index (χ1v) is 8.78. The number of benzene rings is 2. The van der Waals surface area contributed by atoms with E-state index in [0.29, 0.717) is 15.0 Å². The van der Waals surface area contributed by atoms with Crippen LogP contribution in [0.15, 0.2) is 54.6 Å². The molecule has 0 bridgehead atoms. The first-order valence-electron chi connectivity index (χ1n) is 7.07. The Bertz CT molecular complexity index is 583. The molecular formula is C18H20OSe. The third-order valence-corrected chi connectivity index (χ3v) is 7.84. The Morgan fingerprint density at radius 1 is 1.00 bits per heavy atom. The molecule has 1 aliphatic carbocycles. The standard InChI is InChI=1S/C18H20OSe/c1-14-8-10-15(11-9-14)17(2,19)18(12-13-18)20-16-6-4-3-5-7-16/h3-11,19H,12-13H2,1-2H3. The Balaban J connectivity index is 1.88. The van der Waals surface area contributed by atoms with Crippen LogP contribution in [0.5, 0.6) is 0 Å². The third-order valence-electron chi connectivity index (χ3n) is 4.26. The van der Waals surface area contributed by atoms with Gasteiger partial charge in [-0.3, -0.25) is 0 Å². The molecule has 1 saturated carbocycles. The Hall–Kier alpha value is -1.08. The van der Waals surface area contributed by atoms with Crippen molar-refractivity contribution in [2.45, 2.75) is 36.6 Å². The number of rotatable bonds is 4. The van der Waals surface area contributed by atoms with Crippen LogP contribution in [0.25, 0.3) is 0 Å². The van der Waals surface area contributed by atoms with Crippen molar-refractivity contribution in [3.05, 3.63) is 65.7 Å². The predicted octanol–water partition coefficient (Wildman–Crippen LogP) is 3.18. The van der Waals surface area contributed by atoms with Gasteiger partial charge in [-0.1, -0.05) is 0 Å². The van der Waals surface area contributed by atoms with Gasteiger partial charge in [0, 0.05) is 0 Å². The Kier molecular flexibility index (Phi) is 3.49. The quantitative estimate of drug-likeness (QED) is 0.853. The first kappa shape index (κ1) is 13.9. The van der Waals surface area contributed by atoms with E-state index in [-0.39, 0.29) is 4.31 Å². The fourth-order valence-electron chi connectivity index (χ4n) is 2.66. The van der Waals surface area contributed by atoms with E-state index in [9.17, 15) is 5.11 Å². The number of hydrogen-bond donors (Lipinski definition) is 1. The summed E-state index contributed by atoms with van der Waals surface area (Å²) in [4.78, 5) is 0. The van der Waals surface area contributed by atoms with Gasteiger partial charge in [-0.25, -0.2) is 0 Å². The maximum absolute atomic E-state index is 11.1. The topological polar surface area (TPSA) is 20.2 Å². The van der Waals surface area contributed by atoms with Crippen LogP contribution in [0.1, 0.15) is 30.9 Å². The zero-order valence-electron chi connectivity index (χ0n) is 12.0. The summed E-state index contributed by atoms with van der Waals surface area (Å²) in [6, 6.07) is 19.0. The molecule has 1 aliphatic rings. The van der Waals surface area contributed by atoms with Crippen LogP contribution in [0.2, 0.25) is 4.31 Å². The van der Waals surface area contributed by atoms with Gasteiger partial charge in [-0.2, -0.15) is 0 Å². The van der Waals surface area contributed by atoms with Crippen molar-refractivity contribution in [1.29, 1.82) is 0 Å². The molecule has 0 aromatic heterocycles. The van der Waals surface area contributed by atoms with Gasteiger partial charge in [0.25, 0.3) is 0 Å². The minimum atomic E-state index is -0.726. The molecule has 1 unspecified atom stereocenters. The fourth-order valence-corrected chi connectivity index (χ4v) is 5.53. The molecular weight excluding hydrogens is 311 g/mol. The fraction of sp³-hybridized carbons (Fsp3) is 0.333. The van der Waals surface area contributed by atoms with Crippen LogP contribution in [0.3, 0.4) is 0 Å². The number of hydrogen-bond acceptors (Lipinski definition) is 1. The molecule has 0 saturated heterocycles. The summed E-state index contributed by atoms with van der Waals surface area (Å²) >= 11 is 0.308. The average molecular weight is 331 g/mol. The molecule has 1 atom stereocenters. The summed E-state index contributed by atoms with van der Waals surface area (Å²) in [6.45, 7) is 4.08. The van der Waals surface area contributed by atoms with Crippen molar-refractivity contribution in [2.24, 2.45) is 0 Å². The van der Waals surface area contributed by atoms with Crippen LogP contribution in [0.4, 0.5) is 0 Å². The second kappa shape index (κ2) is 5.03. The van der Waals surface area contributed by atoms with Crippen molar-refractivity contribution in [3.8, 4) is 0 Å². The molecule has 0 heterocycles. The predicted molar refractivity (Wildman–Crippen MR) is 84.5 cm³/mol. The normalized spacial score (nSPS) is 19.4. The van der Waals surface area contributed by atoms with E-state index in [4.69, 9.17) is 0 Å². The summed E-state index contributed by atoms with van der Waals surface area (Å²) < 4.78 is 1.45. The first-order chi connectivity index (χ1) is 9.53. The summed E-state index contributed by atoms with van der Waals surface area (Å²) in [7, 11) is 0. The number of aryl methyl sites for hydroxylation is 1. The van der Waals surface area contributed by atoms with E-state index < -0.39 is 5.60 Å². The molecule has 2 aromatic carbocycles. The van der Waals surface area contributed by atoms with Crippen LogP contribution in [-0.2, 0) is 5.60 Å². The number of aliphatic hydroxyl groups is 1. The van der Waals surface area contributed by atoms with E-state index >= 15 is 0 Å². The monoisotopic (exact) mass is 332 g/mol. The maximum atomic E-state index is 11.1. The van der Waals surface area contributed by atoms with Crippen LogP contribution in [0, 0.1) is 6.92 Å². The molecule has 0 radical (unpaired) electrons. The van der Waals surface area contributed by atoms with Crippen LogP contribution in [-0.4, -0.2) is 20.1 Å². The Morgan fingerprint density at radius 3 is 2.15 bits per heavy atom. The van der Waals surface area contributed by atoms with Gasteiger partial charge < -0.3 is 0 Å². The molecule has 104 valence electrons. The van der Waals surface area contributed by atoms with Gasteiger partial charge in [0.1, 0.15) is 0 Å². The van der Waals surface area contributed by atoms with Gasteiger partial charge >= 0.3 is 127 Å². The Morgan fingerprint density at radius 2 is 1.60 bits per heavy atom. The van der Waals surface area contributed by atoms with Crippen molar-refractivity contribution in [2.75, 3.05) is 0 Å².